The third kappa shape index (κ3) is 6.03. The van der Waals surface area contributed by atoms with E-state index in [1.807, 2.05) is 32.0 Å². The third-order valence-electron chi connectivity index (χ3n) is 4.25. The number of para-hydroxylation sites is 1. The number of anilines is 1. The average Bonchev–Trinajstić information content (AvgIpc) is 2.60. The highest BCUT2D eigenvalue weighted by molar-refractivity contribution is 6.01. The van der Waals surface area contributed by atoms with Crippen molar-refractivity contribution in [3.05, 3.63) is 54.1 Å². The number of carbonyl (C=O) groups is 2. The second-order valence-corrected chi connectivity index (χ2v) is 6.38. The molecule has 0 aliphatic heterocycles. The van der Waals surface area contributed by atoms with Gasteiger partial charge in [0, 0.05) is 18.5 Å². The summed E-state index contributed by atoms with van der Waals surface area (Å²) in [6, 6.07) is 9.18. The molecule has 0 fully saturated rings. The summed E-state index contributed by atoms with van der Waals surface area (Å²) in [5.74, 6) is -0.0814. The van der Waals surface area contributed by atoms with Crippen LogP contribution in [-0.2, 0) is 9.59 Å². The van der Waals surface area contributed by atoms with Gasteiger partial charge in [-0.05, 0) is 50.3 Å². The van der Waals surface area contributed by atoms with Gasteiger partial charge in [0.2, 0.25) is 11.8 Å². The number of hydrogen-bond donors (Lipinski definition) is 2. The van der Waals surface area contributed by atoms with E-state index in [9.17, 15) is 9.59 Å². The van der Waals surface area contributed by atoms with Gasteiger partial charge in [-0.25, -0.2) is 5.43 Å². The van der Waals surface area contributed by atoms with Crippen molar-refractivity contribution in [1.29, 1.82) is 0 Å². The number of allylic oxidation sites excluding steroid dienone is 3. The number of hydrazone groups is 1. The molecule has 1 aromatic rings. The fourth-order valence-electron chi connectivity index (χ4n) is 2.58. The van der Waals surface area contributed by atoms with E-state index in [0.717, 1.165) is 35.4 Å². The van der Waals surface area contributed by atoms with Crippen molar-refractivity contribution in [3.63, 3.8) is 0 Å². The number of nitrogens with one attached hydrogen (secondary N) is 2. The number of benzene rings is 1. The molecular formula is C20H25N3O2. The zero-order valence-corrected chi connectivity index (χ0v) is 14.8. The van der Waals surface area contributed by atoms with Crippen molar-refractivity contribution < 1.29 is 9.59 Å². The lowest BCUT2D eigenvalue weighted by Gasteiger charge is -2.22. The van der Waals surface area contributed by atoms with Crippen LogP contribution in [0.4, 0.5) is 5.69 Å². The molecule has 1 aliphatic carbocycles. The average molecular weight is 339 g/mol. The molecule has 0 saturated carbocycles. The Bertz CT molecular complexity index is 705. The molecule has 1 unspecified atom stereocenters. The molecule has 1 atom stereocenters. The maximum Gasteiger partial charge on any atom is 0.240 e. The number of nitrogens with zero attached hydrogens (tertiary/aromatic N) is 1. The van der Waals surface area contributed by atoms with Gasteiger partial charge in [-0.15, -0.1) is 0 Å². The van der Waals surface area contributed by atoms with E-state index in [0.29, 0.717) is 5.92 Å². The molecule has 0 saturated heterocycles. The van der Waals surface area contributed by atoms with Gasteiger partial charge in [0.05, 0.1) is 5.71 Å². The van der Waals surface area contributed by atoms with Gasteiger partial charge in [0.25, 0.3) is 0 Å². The topological polar surface area (TPSA) is 70.6 Å². The summed E-state index contributed by atoms with van der Waals surface area (Å²) >= 11 is 0. The minimum absolute atomic E-state index is 0.0993. The normalized spacial score (nSPS) is 18.4. The van der Waals surface area contributed by atoms with Crippen molar-refractivity contribution >= 4 is 23.2 Å². The smallest absolute Gasteiger partial charge is 0.240 e. The standard InChI is InChI=1S/C20H25N3O2/c1-14(2)16-10-9-15(3)18(13-16)22-23-20(25)12-11-19(24)21-17-7-5-4-6-8-17/h4-9,16H,1,10-13H2,2-3H3,(H,21,24)(H,23,25). The zero-order valence-electron chi connectivity index (χ0n) is 14.8. The summed E-state index contributed by atoms with van der Waals surface area (Å²) in [5.41, 5.74) is 6.37. The maximum atomic E-state index is 11.9. The molecule has 0 heterocycles. The second-order valence-electron chi connectivity index (χ2n) is 6.38. The van der Waals surface area contributed by atoms with E-state index in [4.69, 9.17) is 0 Å². The largest absolute Gasteiger partial charge is 0.326 e. The first-order chi connectivity index (χ1) is 12.0. The molecular weight excluding hydrogens is 314 g/mol. The van der Waals surface area contributed by atoms with Gasteiger partial charge in [-0.1, -0.05) is 36.4 Å². The number of hydrogen-bond acceptors (Lipinski definition) is 3. The molecule has 132 valence electrons. The lowest BCUT2D eigenvalue weighted by Crippen LogP contribution is -2.24. The predicted octanol–water partition coefficient (Wildman–Crippen LogP) is 3.81. The van der Waals surface area contributed by atoms with Crippen molar-refractivity contribution in [2.75, 3.05) is 5.32 Å². The Morgan fingerprint density at radius 2 is 1.88 bits per heavy atom. The van der Waals surface area contributed by atoms with Crippen LogP contribution >= 0.6 is 0 Å². The van der Waals surface area contributed by atoms with Gasteiger partial charge < -0.3 is 5.32 Å². The molecule has 25 heavy (non-hydrogen) atoms. The van der Waals surface area contributed by atoms with Crippen LogP contribution in [0.1, 0.15) is 39.5 Å². The molecule has 5 heteroatoms. The zero-order chi connectivity index (χ0) is 18.2. The lowest BCUT2D eigenvalue weighted by atomic mass is 9.85. The molecule has 0 spiro atoms. The van der Waals surface area contributed by atoms with Crippen LogP contribution in [0.5, 0.6) is 0 Å². The van der Waals surface area contributed by atoms with E-state index in [-0.39, 0.29) is 24.7 Å². The Hall–Kier alpha value is -2.69. The Morgan fingerprint density at radius 3 is 2.56 bits per heavy atom. The molecule has 5 nitrogen and oxygen atoms in total. The molecule has 2 amide bonds. The fourth-order valence-corrected chi connectivity index (χ4v) is 2.58. The number of carbonyl (C=O) groups excluding carboxylic acids is 2. The van der Waals surface area contributed by atoms with Gasteiger partial charge in [-0.2, -0.15) is 5.10 Å². The van der Waals surface area contributed by atoms with Crippen LogP contribution in [-0.4, -0.2) is 17.5 Å². The molecule has 0 bridgehead atoms. The Kier molecular flexibility index (Phi) is 6.69. The molecule has 0 radical (unpaired) electrons. The predicted molar refractivity (Wildman–Crippen MR) is 101 cm³/mol. The molecule has 0 aromatic heterocycles. The van der Waals surface area contributed by atoms with Gasteiger partial charge in [0.1, 0.15) is 0 Å². The summed E-state index contributed by atoms with van der Waals surface area (Å²) in [7, 11) is 0. The molecule has 1 aromatic carbocycles. The first-order valence-electron chi connectivity index (χ1n) is 8.48. The van der Waals surface area contributed by atoms with Gasteiger partial charge >= 0.3 is 0 Å². The van der Waals surface area contributed by atoms with Gasteiger partial charge in [-0.3, -0.25) is 9.59 Å². The Labute approximate surface area is 148 Å². The lowest BCUT2D eigenvalue weighted by molar-refractivity contribution is -0.124. The summed E-state index contributed by atoms with van der Waals surface area (Å²) in [6.45, 7) is 8.01. The first kappa shape index (κ1) is 18.6. The number of rotatable bonds is 6. The quantitative estimate of drug-likeness (QED) is 0.611. The van der Waals surface area contributed by atoms with Crippen LogP contribution in [0.2, 0.25) is 0 Å². The maximum absolute atomic E-state index is 11.9. The highest BCUT2D eigenvalue weighted by Gasteiger charge is 2.18. The highest BCUT2D eigenvalue weighted by atomic mass is 16.2. The van der Waals surface area contributed by atoms with Crippen molar-refractivity contribution in [2.45, 2.75) is 39.5 Å². The van der Waals surface area contributed by atoms with Crippen LogP contribution < -0.4 is 10.7 Å². The van der Waals surface area contributed by atoms with Crippen LogP contribution in [0.15, 0.2) is 59.2 Å². The van der Waals surface area contributed by atoms with Crippen molar-refractivity contribution in [1.82, 2.24) is 5.43 Å². The minimum Gasteiger partial charge on any atom is -0.326 e. The summed E-state index contributed by atoms with van der Waals surface area (Å²) in [5, 5.41) is 6.99. The first-order valence-corrected chi connectivity index (χ1v) is 8.48. The van der Waals surface area contributed by atoms with Crippen LogP contribution in [0, 0.1) is 5.92 Å². The van der Waals surface area contributed by atoms with Crippen LogP contribution in [0.3, 0.4) is 0 Å². The van der Waals surface area contributed by atoms with E-state index in [1.165, 1.54) is 0 Å². The number of amides is 2. The Balaban J connectivity index is 1.80. The SMILES string of the molecule is C=C(C)C1CC=C(C)C(=NNC(=O)CCC(=O)Nc2ccccc2)C1. The van der Waals surface area contributed by atoms with Gasteiger partial charge in [0.15, 0.2) is 0 Å². The molecule has 2 rings (SSSR count). The van der Waals surface area contributed by atoms with E-state index < -0.39 is 0 Å². The second kappa shape index (κ2) is 8.97. The Morgan fingerprint density at radius 1 is 1.20 bits per heavy atom. The fraction of sp³-hybridized carbons (Fsp3) is 0.350. The van der Waals surface area contributed by atoms with E-state index in [2.05, 4.69) is 28.5 Å². The van der Waals surface area contributed by atoms with E-state index >= 15 is 0 Å². The van der Waals surface area contributed by atoms with Crippen LogP contribution in [0.25, 0.3) is 0 Å². The highest BCUT2D eigenvalue weighted by Crippen LogP contribution is 2.26. The monoisotopic (exact) mass is 339 g/mol. The minimum atomic E-state index is -0.263. The summed E-state index contributed by atoms with van der Waals surface area (Å²) in [4.78, 5) is 23.8. The third-order valence-corrected chi connectivity index (χ3v) is 4.25. The summed E-state index contributed by atoms with van der Waals surface area (Å²) < 4.78 is 0. The van der Waals surface area contributed by atoms with Crippen molar-refractivity contribution in [2.24, 2.45) is 11.0 Å². The summed E-state index contributed by atoms with van der Waals surface area (Å²) in [6.07, 6.45) is 4.10. The van der Waals surface area contributed by atoms with Crippen molar-refractivity contribution in [3.8, 4) is 0 Å². The van der Waals surface area contributed by atoms with E-state index in [1.54, 1.807) is 12.1 Å². The molecule has 1 aliphatic rings. The molecule has 2 N–H and O–H groups in total.